The summed E-state index contributed by atoms with van der Waals surface area (Å²) in [5.41, 5.74) is 7.64. The second-order valence-electron chi connectivity index (χ2n) is 8.44. The quantitative estimate of drug-likeness (QED) is 0.303. The standard InChI is InChI=1S/C27H27N3O2S.2ClH/c1-32-23-11-13-30(14-12-23)17-21-15-20(7-9-24(21)19-5-3-2-4-6-19)27(31)29-22-8-10-26-25(16-22)28-18-33-26;;/h2-10,15-16,18,23H,11-14,17H2,1H3,(H,29,31);2*1H. The molecule has 1 fully saturated rings. The molecule has 1 N–H and O–H groups in total. The number of thiazole rings is 1. The Labute approximate surface area is 222 Å². The van der Waals surface area contributed by atoms with Gasteiger partial charge < -0.3 is 10.1 Å². The first-order valence-electron chi connectivity index (χ1n) is 11.3. The number of ether oxygens (including phenoxy) is 1. The van der Waals surface area contributed by atoms with Gasteiger partial charge in [-0.2, -0.15) is 0 Å². The first-order valence-corrected chi connectivity index (χ1v) is 12.2. The molecule has 1 aliphatic heterocycles. The average Bonchev–Trinajstić information content (AvgIpc) is 3.33. The van der Waals surface area contributed by atoms with Crippen LogP contribution in [0, 0.1) is 0 Å². The highest BCUT2D eigenvalue weighted by atomic mass is 35.5. The topological polar surface area (TPSA) is 54.5 Å². The van der Waals surface area contributed by atoms with Crippen LogP contribution >= 0.6 is 36.2 Å². The molecular formula is C27H29Cl2N3O2S. The third-order valence-corrected chi connectivity index (χ3v) is 7.11. The maximum absolute atomic E-state index is 13.1. The highest BCUT2D eigenvalue weighted by molar-refractivity contribution is 7.16. The molecule has 184 valence electrons. The first kappa shape index (κ1) is 27.1. The molecule has 8 heteroatoms. The number of methoxy groups -OCH3 is 1. The number of fused-ring (bicyclic) bond motifs is 1. The SMILES string of the molecule is COC1CCN(Cc2cc(C(=O)Nc3ccc4scnc4c3)ccc2-c2ccccc2)CC1.Cl.Cl. The predicted molar refractivity (Wildman–Crippen MR) is 149 cm³/mol. The van der Waals surface area contributed by atoms with Crippen molar-refractivity contribution in [1.82, 2.24) is 9.88 Å². The van der Waals surface area contributed by atoms with Crippen LogP contribution in [0.2, 0.25) is 0 Å². The Balaban J connectivity index is 0.00000171. The van der Waals surface area contributed by atoms with E-state index >= 15 is 0 Å². The fraction of sp³-hybridized carbons (Fsp3) is 0.259. The van der Waals surface area contributed by atoms with Gasteiger partial charge in [-0.1, -0.05) is 36.4 Å². The van der Waals surface area contributed by atoms with Crippen LogP contribution in [0.1, 0.15) is 28.8 Å². The molecular weight excluding hydrogens is 501 g/mol. The van der Waals surface area contributed by atoms with E-state index in [-0.39, 0.29) is 30.7 Å². The van der Waals surface area contributed by atoms with Crippen molar-refractivity contribution in [3.63, 3.8) is 0 Å². The van der Waals surface area contributed by atoms with E-state index in [4.69, 9.17) is 4.74 Å². The molecule has 0 bridgehead atoms. The van der Waals surface area contributed by atoms with Gasteiger partial charge >= 0.3 is 0 Å². The van der Waals surface area contributed by atoms with Crippen LogP contribution in [0.3, 0.4) is 0 Å². The number of nitrogens with zero attached hydrogens (tertiary/aromatic N) is 2. The number of nitrogens with one attached hydrogen (secondary N) is 1. The van der Waals surface area contributed by atoms with Crippen molar-refractivity contribution in [2.75, 3.05) is 25.5 Å². The molecule has 0 atom stereocenters. The van der Waals surface area contributed by atoms with E-state index in [1.165, 1.54) is 16.7 Å². The number of carbonyl (C=O) groups is 1. The van der Waals surface area contributed by atoms with Gasteiger partial charge in [0.1, 0.15) is 0 Å². The summed E-state index contributed by atoms with van der Waals surface area (Å²) in [6.45, 7) is 2.81. The molecule has 1 saturated heterocycles. The number of amides is 1. The number of likely N-dealkylation sites (tertiary alicyclic amines) is 1. The molecule has 0 saturated carbocycles. The normalized spacial score (nSPS) is 14.2. The molecule has 0 aliphatic carbocycles. The molecule has 0 unspecified atom stereocenters. The van der Waals surface area contributed by atoms with Crippen LogP contribution in [-0.2, 0) is 11.3 Å². The van der Waals surface area contributed by atoms with Gasteiger partial charge in [0.05, 0.1) is 21.8 Å². The van der Waals surface area contributed by atoms with Gasteiger partial charge in [-0.25, -0.2) is 4.98 Å². The van der Waals surface area contributed by atoms with E-state index in [1.807, 2.05) is 41.9 Å². The van der Waals surface area contributed by atoms with Gasteiger partial charge in [0, 0.05) is 38.0 Å². The fourth-order valence-electron chi connectivity index (χ4n) is 4.45. The van der Waals surface area contributed by atoms with Crippen LogP contribution < -0.4 is 5.32 Å². The number of benzene rings is 3. The third kappa shape index (κ3) is 6.40. The lowest BCUT2D eigenvalue weighted by molar-refractivity contribution is 0.0389. The molecule has 1 amide bonds. The summed E-state index contributed by atoms with van der Waals surface area (Å²) in [6, 6.07) is 22.3. The number of aromatic nitrogens is 1. The Bertz CT molecular complexity index is 1260. The molecule has 2 heterocycles. The maximum Gasteiger partial charge on any atom is 0.255 e. The molecule has 0 spiro atoms. The number of rotatable bonds is 6. The second kappa shape index (κ2) is 12.5. The summed E-state index contributed by atoms with van der Waals surface area (Å²) in [6.07, 6.45) is 2.43. The minimum Gasteiger partial charge on any atom is -0.381 e. The van der Waals surface area contributed by atoms with Gasteiger partial charge in [0.25, 0.3) is 5.91 Å². The molecule has 5 rings (SSSR count). The molecule has 4 aromatic rings. The van der Waals surface area contributed by atoms with Gasteiger partial charge in [-0.15, -0.1) is 36.2 Å². The smallest absolute Gasteiger partial charge is 0.255 e. The number of hydrogen-bond donors (Lipinski definition) is 1. The third-order valence-electron chi connectivity index (χ3n) is 6.30. The van der Waals surface area contributed by atoms with Crippen molar-refractivity contribution >= 4 is 58.0 Å². The predicted octanol–water partition coefficient (Wildman–Crippen LogP) is 6.67. The Morgan fingerprint density at radius 2 is 1.83 bits per heavy atom. The van der Waals surface area contributed by atoms with Crippen molar-refractivity contribution in [3.8, 4) is 11.1 Å². The molecule has 1 aliphatic rings. The number of anilines is 1. The van der Waals surface area contributed by atoms with E-state index in [1.54, 1.807) is 18.4 Å². The molecule has 1 aromatic heterocycles. The Morgan fingerprint density at radius 3 is 2.57 bits per heavy atom. The van der Waals surface area contributed by atoms with Crippen LogP contribution in [0.25, 0.3) is 21.3 Å². The van der Waals surface area contributed by atoms with E-state index in [0.717, 1.165) is 48.4 Å². The monoisotopic (exact) mass is 529 g/mol. The Hall–Kier alpha value is -2.48. The van der Waals surface area contributed by atoms with Gasteiger partial charge in [-0.3, -0.25) is 9.69 Å². The van der Waals surface area contributed by atoms with E-state index in [9.17, 15) is 4.79 Å². The zero-order chi connectivity index (χ0) is 22.6. The van der Waals surface area contributed by atoms with Crippen LogP contribution in [-0.4, -0.2) is 42.1 Å². The zero-order valence-electron chi connectivity index (χ0n) is 19.5. The van der Waals surface area contributed by atoms with Crippen LogP contribution in [0.4, 0.5) is 5.69 Å². The lowest BCUT2D eigenvalue weighted by Gasteiger charge is -2.31. The lowest BCUT2D eigenvalue weighted by atomic mass is 9.96. The zero-order valence-corrected chi connectivity index (χ0v) is 21.9. The van der Waals surface area contributed by atoms with Crippen molar-refractivity contribution in [2.24, 2.45) is 0 Å². The van der Waals surface area contributed by atoms with Gasteiger partial charge in [-0.05, 0) is 59.9 Å². The largest absolute Gasteiger partial charge is 0.381 e. The summed E-state index contributed by atoms with van der Waals surface area (Å²) in [5, 5.41) is 3.04. The maximum atomic E-state index is 13.1. The average molecular weight is 531 g/mol. The molecule has 35 heavy (non-hydrogen) atoms. The fourth-order valence-corrected chi connectivity index (χ4v) is 5.11. The van der Waals surface area contributed by atoms with E-state index < -0.39 is 0 Å². The van der Waals surface area contributed by atoms with Gasteiger partial charge in [0.2, 0.25) is 0 Å². The number of hydrogen-bond acceptors (Lipinski definition) is 5. The summed E-state index contributed by atoms with van der Waals surface area (Å²) >= 11 is 1.59. The summed E-state index contributed by atoms with van der Waals surface area (Å²) in [7, 11) is 1.79. The van der Waals surface area contributed by atoms with Crippen LogP contribution in [0.15, 0.2) is 72.2 Å². The van der Waals surface area contributed by atoms with Crippen molar-refractivity contribution in [2.45, 2.75) is 25.5 Å². The van der Waals surface area contributed by atoms with Crippen molar-refractivity contribution in [3.05, 3.63) is 83.4 Å². The van der Waals surface area contributed by atoms with E-state index in [2.05, 4.69) is 45.5 Å². The summed E-state index contributed by atoms with van der Waals surface area (Å²) < 4.78 is 6.64. The lowest BCUT2D eigenvalue weighted by Crippen LogP contribution is -2.36. The number of carbonyl (C=O) groups excluding carboxylic acids is 1. The molecule has 3 aromatic carbocycles. The van der Waals surface area contributed by atoms with Gasteiger partial charge in [0.15, 0.2) is 0 Å². The number of piperidine rings is 1. The minimum atomic E-state index is -0.108. The number of halogens is 2. The summed E-state index contributed by atoms with van der Waals surface area (Å²) in [4.78, 5) is 19.9. The minimum absolute atomic E-state index is 0. The second-order valence-corrected chi connectivity index (χ2v) is 9.32. The van der Waals surface area contributed by atoms with Crippen molar-refractivity contribution < 1.29 is 9.53 Å². The Morgan fingerprint density at radius 1 is 1.06 bits per heavy atom. The first-order chi connectivity index (χ1) is 16.2. The summed E-state index contributed by atoms with van der Waals surface area (Å²) in [5.74, 6) is -0.108. The molecule has 5 nitrogen and oxygen atoms in total. The van der Waals surface area contributed by atoms with Crippen molar-refractivity contribution in [1.29, 1.82) is 0 Å². The highest BCUT2D eigenvalue weighted by Gasteiger charge is 2.20. The molecule has 0 radical (unpaired) electrons. The Kier molecular flexibility index (Phi) is 9.66. The highest BCUT2D eigenvalue weighted by Crippen LogP contribution is 2.28. The van der Waals surface area contributed by atoms with Crippen LogP contribution in [0.5, 0.6) is 0 Å². The van der Waals surface area contributed by atoms with E-state index in [0.29, 0.717) is 11.7 Å².